The zero-order valence-corrected chi connectivity index (χ0v) is 42.3. The normalized spacial score (nSPS) is 13.8. The summed E-state index contributed by atoms with van der Waals surface area (Å²) in [5.41, 5.74) is 5.36. The molecule has 2 unspecified atom stereocenters. The van der Waals surface area contributed by atoms with Gasteiger partial charge in [-0.3, -0.25) is 18.6 Å². The Morgan fingerprint density at radius 3 is 1.31 bits per heavy atom. The summed E-state index contributed by atoms with van der Waals surface area (Å²) < 4.78 is 32.9. The summed E-state index contributed by atoms with van der Waals surface area (Å²) in [7, 11) is -4.40. The number of ether oxygens (including phenoxy) is 2. The van der Waals surface area contributed by atoms with Crippen LogP contribution in [0.25, 0.3) is 0 Å². The third kappa shape index (κ3) is 50.4. The molecule has 9 nitrogen and oxygen atoms in total. The molecule has 0 aromatic carbocycles. The first-order valence-corrected chi connectivity index (χ1v) is 27.6. The summed E-state index contributed by atoms with van der Waals surface area (Å²) in [4.78, 5) is 35.1. The molecule has 65 heavy (non-hydrogen) atoms. The molecule has 0 aliphatic heterocycles. The van der Waals surface area contributed by atoms with Crippen molar-refractivity contribution >= 4 is 19.8 Å². The number of esters is 2. The summed E-state index contributed by atoms with van der Waals surface area (Å²) >= 11 is 0. The Morgan fingerprint density at radius 2 is 0.846 bits per heavy atom. The average Bonchev–Trinajstić information content (AvgIpc) is 3.30. The van der Waals surface area contributed by atoms with Gasteiger partial charge in [0.25, 0.3) is 0 Å². The molecule has 0 heterocycles. The van der Waals surface area contributed by atoms with Crippen LogP contribution in [0.1, 0.15) is 219 Å². The average molecular weight is 930 g/mol. The van der Waals surface area contributed by atoms with Crippen molar-refractivity contribution < 1.29 is 37.6 Å². The van der Waals surface area contributed by atoms with Gasteiger partial charge in [-0.15, -0.1) is 0 Å². The second-order valence-electron chi connectivity index (χ2n) is 17.0. The molecule has 374 valence electrons. The lowest BCUT2D eigenvalue weighted by Crippen LogP contribution is -2.29. The number of phosphoric ester groups is 1. The molecule has 3 N–H and O–H groups in total. The molecular weight excluding hydrogens is 834 g/mol. The van der Waals surface area contributed by atoms with E-state index >= 15 is 0 Å². The van der Waals surface area contributed by atoms with E-state index < -0.39 is 32.5 Å². The van der Waals surface area contributed by atoms with Gasteiger partial charge < -0.3 is 20.1 Å². The van der Waals surface area contributed by atoms with Crippen molar-refractivity contribution in [1.82, 2.24) is 0 Å². The van der Waals surface area contributed by atoms with Gasteiger partial charge >= 0.3 is 19.8 Å². The van der Waals surface area contributed by atoms with Gasteiger partial charge in [0.2, 0.25) is 0 Å². The second kappa shape index (κ2) is 50.6. The fourth-order valence-electron chi connectivity index (χ4n) is 6.93. The van der Waals surface area contributed by atoms with Crippen LogP contribution in [0.2, 0.25) is 0 Å². The summed E-state index contributed by atoms with van der Waals surface area (Å²) in [6.45, 7) is 3.58. The molecule has 0 amide bonds. The first-order valence-electron chi connectivity index (χ1n) is 26.1. The lowest BCUT2D eigenvalue weighted by atomic mass is 10.0. The minimum atomic E-state index is -4.40. The Balaban J connectivity index is 4.12. The van der Waals surface area contributed by atoms with E-state index in [9.17, 15) is 19.0 Å². The topological polar surface area (TPSA) is 134 Å². The van der Waals surface area contributed by atoms with Crippen molar-refractivity contribution in [2.75, 3.05) is 26.4 Å². The number of hydrogen-bond acceptors (Lipinski definition) is 8. The van der Waals surface area contributed by atoms with Crippen LogP contribution >= 0.6 is 7.82 Å². The predicted octanol–water partition coefficient (Wildman–Crippen LogP) is 16.0. The van der Waals surface area contributed by atoms with Gasteiger partial charge in [0.05, 0.1) is 13.2 Å². The van der Waals surface area contributed by atoms with Crippen molar-refractivity contribution in [2.45, 2.75) is 225 Å². The van der Waals surface area contributed by atoms with Gasteiger partial charge in [-0.25, -0.2) is 4.57 Å². The maximum Gasteiger partial charge on any atom is 0.472 e. The smallest absolute Gasteiger partial charge is 0.462 e. The number of nitrogens with two attached hydrogens (primary N) is 1. The van der Waals surface area contributed by atoms with Crippen LogP contribution in [0.5, 0.6) is 0 Å². The van der Waals surface area contributed by atoms with Crippen LogP contribution < -0.4 is 5.73 Å². The number of hydrogen-bond donors (Lipinski definition) is 2. The molecule has 2 atom stereocenters. The molecule has 0 bridgehead atoms. The van der Waals surface area contributed by atoms with Crippen LogP contribution in [0, 0.1) is 0 Å². The van der Waals surface area contributed by atoms with Crippen LogP contribution in [-0.4, -0.2) is 49.3 Å². The fraction of sp³-hybridized carbons (Fsp3) is 0.709. The van der Waals surface area contributed by atoms with Crippen LogP contribution in [-0.2, 0) is 32.7 Å². The molecule has 0 fully saturated rings. The third-order valence-electron chi connectivity index (χ3n) is 10.8. The van der Waals surface area contributed by atoms with E-state index in [4.69, 9.17) is 24.3 Å². The quantitative estimate of drug-likeness (QED) is 0.0265. The number of rotatable bonds is 48. The maximum atomic E-state index is 12.6. The molecule has 0 aromatic heterocycles. The molecule has 0 rings (SSSR count). The highest BCUT2D eigenvalue weighted by molar-refractivity contribution is 7.47. The molecule has 0 aromatic rings. The Bertz CT molecular complexity index is 1340. The molecule has 0 spiro atoms. The van der Waals surface area contributed by atoms with Gasteiger partial charge in [0.1, 0.15) is 6.61 Å². The van der Waals surface area contributed by atoms with Crippen LogP contribution in [0.4, 0.5) is 0 Å². The standard InChI is InChI=1S/C55H96NO8P/c1-3-5-7-9-11-13-15-17-19-21-23-25-26-28-29-31-33-35-37-39-41-43-45-47-54(57)61-51-53(52-63-65(59,60)62-50-49-56)64-55(58)48-46-44-42-40-38-36-34-32-30-27-24-22-20-18-16-14-12-10-8-6-4-2/h6,8,12,14,18,20-21,23-24,27,32,34,38,40,53H,3-5,7,9-11,13,15-17,19,22,25-26,28-31,33,35-37,39,41-52,56H2,1-2H3,(H,59,60)/b8-6-,14-12-,20-18-,23-21-,27-24-,34-32-,40-38-. The first-order chi connectivity index (χ1) is 31.8. The van der Waals surface area contributed by atoms with Gasteiger partial charge in [-0.2, -0.15) is 0 Å². The van der Waals surface area contributed by atoms with E-state index in [1.165, 1.54) is 116 Å². The van der Waals surface area contributed by atoms with Crippen molar-refractivity contribution in [3.63, 3.8) is 0 Å². The number of unbranched alkanes of at least 4 members (excludes halogenated alkanes) is 21. The molecule has 0 radical (unpaired) electrons. The van der Waals surface area contributed by atoms with E-state index in [0.717, 1.165) is 70.6 Å². The van der Waals surface area contributed by atoms with Crippen LogP contribution in [0.15, 0.2) is 85.1 Å². The van der Waals surface area contributed by atoms with Crippen molar-refractivity contribution in [3.8, 4) is 0 Å². The molecule has 10 heteroatoms. The molecule has 0 saturated carbocycles. The molecule has 0 aliphatic carbocycles. The number of allylic oxidation sites excluding steroid dienone is 14. The maximum absolute atomic E-state index is 12.6. The van der Waals surface area contributed by atoms with Crippen molar-refractivity contribution in [2.24, 2.45) is 5.73 Å². The largest absolute Gasteiger partial charge is 0.472 e. The van der Waals surface area contributed by atoms with Crippen molar-refractivity contribution in [1.29, 1.82) is 0 Å². The summed E-state index contributed by atoms with van der Waals surface area (Å²) in [5.74, 6) is -0.881. The van der Waals surface area contributed by atoms with Gasteiger partial charge in [0, 0.05) is 19.4 Å². The predicted molar refractivity (Wildman–Crippen MR) is 275 cm³/mol. The van der Waals surface area contributed by atoms with E-state index in [1.807, 2.05) is 0 Å². The molecular formula is C55H96NO8P. The Kier molecular flexibility index (Phi) is 48.4. The zero-order chi connectivity index (χ0) is 47.4. The number of carbonyl (C=O) groups is 2. The first kappa shape index (κ1) is 62.2. The fourth-order valence-corrected chi connectivity index (χ4v) is 7.69. The van der Waals surface area contributed by atoms with Gasteiger partial charge in [-0.1, -0.05) is 202 Å². The number of carbonyl (C=O) groups excluding carboxylic acids is 2. The van der Waals surface area contributed by atoms with Crippen molar-refractivity contribution in [3.05, 3.63) is 85.1 Å². The lowest BCUT2D eigenvalue weighted by Gasteiger charge is -2.19. The van der Waals surface area contributed by atoms with E-state index in [-0.39, 0.29) is 32.6 Å². The van der Waals surface area contributed by atoms with E-state index in [2.05, 4.69) is 98.9 Å². The minimum absolute atomic E-state index is 0.0421. The SMILES string of the molecule is CC/C=C\C/C=C\C/C=C\C/C=C\C/C=C\C/C=C\CCCCC(=O)OC(COC(=O)CCCCCCCCCCCCC/C=C\CCCCCCCCCC)COP(=O)(O)OCCN. The lowest BCUT2D eigenvalue weighted by molar-refractivity contribution is -0.161. The Labute approximate surface area is 398 Å². The van der Waals surface area contributed by atoms with Crippen LogP contribution in [0.3, 0.4) is 0 Å². The summed E-state index contributed by atoms with van der Waals surface area (Å²) in [6.07, 6.45) is 64.9. The van der Waals surface area contributed by atoms with E-state index in [1.54, 1.807) is 0 Å². The monoisotopic (exact) mass is 930 g/mol. The zero-order valence-electron chi connectivity index (χ0n) is 41.4. The molecule has 0 aliphatic rings. The Hall–Kier alpha value is -2.81. The second-order valence-corrected chi connectivity index (χ2v) is 18.5. The van der Waals surface area contributed by atoms with Gasteiger partial charge in [0.15, 0.2) is 6.10 Å². The minimum Gasteiger partial charge on any atom is -0.462 e. The highest BCUT2D eigenvalue weighted by Gasteiger charge is 2.26. The summed E-state index contributed by atoms with van der Waals surface area (Å²) in [6, 6.07) is 0. The highest BCUT2D eigenvalue weighted by atomic mass is 31.2. The Morgan fingerprint density at radius 1 is 0.477 bits per heavy atom. The van der Waals surface area contributed by atoms with E-state index in [0.29, 0.717) is 6.42 Å². The number of phosphoric acid groups is 1. The third-order valence-corrected chi connectivity index (χ3v) is 11.7. The van der Waals surface area contributed by atoms with Gasteiger partial charge in [-0.05, 0) is 89.9 Å². The summed E-state index contributed by atoms with van der Waals surface area (Å²) in [5, 5.41) is 0. The molecule has 0 saturated heterocycles. The highest BCUT2D eigenvalue weighted by Crippen LogP contribution is 2.43.